The minimum absolute atomic E-state index is 0.0171. The number of hydrogen-bond donors (Lipinski definition) is 1. The Morgan fingerprint density at radius 3 is 2.65 bits per heavy atom. The zero-order valence-corrected chi connectivity index (χ0v) is 12.8. The van der Waals surface area contributed by atoms with Crippen molar-refractivity contribution in [3.8, 4) is 11.5 Å². The average Bonchev–Trinajstić information content (AvgIpc) is 2.46. The lowest BCUT2D eigenvalue weighted by Gasteiger charge is -2.32. The fraction of sp³-hybridized carbons (Fsp3) is 0.625. The lowest BCUT2D eigenvalue weighted by atomic mass is 10.0. The predicted octanol–water partition coefficient (Wildman–Crippen LogP) is 2.78. The second-order valence-electron chi connectivity index (χ2n) is 5.66. The van der Waals surface area contributed by atoms with E-state index in [1.165, 1.54) is 0 Å². The molecule has 0 saturated carbocycles. The largest absolute Gasteiger partial charge is 0.497 e. The fourth-order valence-corrected chi connectivity index (χ4v) is 2.64. The number of hydrogen-bond acceptors (Lipinski definition) is 4. The van der Waals surface area contributed by atoms with Crippen LogP contribution in [-0.2, 0) is 4.74 Å². The van der Waals surface area contributed by atoms with Crippen LogP contribution in [0.5, 0.6) is 11.5 Å². The van der Waals surface area contributed by atoms with E-state index in [-0.39, 0.29) is 6.10 Å². The van der Waals surface area contributed by atoms with Crippen molar-refractivity contribution in [3.63, 3.8) is 0 Å². The van der Waals surface area contributed by atoms with Gasteiger partial charge in [0, 0.05) is 18.2 Å². The smallest absolute Gasteiger partial charge is 0.124 e. The summed E-state index contributed by atoms with van der Waals surface area (Å²) in [4.78, 5) is 0. The van der Waals surface area contributed by atoms with Crippen molar-refractivity contribution >= 4 is 0 Å². The summed E-state index contributed by atoms with van der Waals surface area (Å²) in [6.07, 6.45) is 1.16. The highest BCUT2D eigenvalue weighted by atomic mass is 16.5. The topological polar surface area (TPSA) is 39.7 Å². The molecule has 20 heavy (non-hydrogen) atoms. The van der Waals surface area contributed by atoms with E-state index in [4.69, 9.17) is 14.2 Å². The highest BCUT2D eigenvalue weighted by Crippen LogP contribution is 2.32. The van der Waals surface area contributed by atoms with Gasteiger partial charge in [0.2, 0.25) is 0 Å². The summed E-state index contributed by atoms with van der Waals surface area (Å²) in [5.74, 6) is 2.35. The Kier molecular flexibility index (Phi) is 5.26. The van der Waals surface area contributed by atoms with Gasteiger partial charge >= 0.3 is 0 Å². The molecular weight excluding hydrogens is 254 g/mol. The molecule has 1 fully saturated rings. The van der Waals surface area contributed by atoms with E-state index in [0.29, 0.717) is 12.0 Å². The van der Waals surface area contributed by atoms with E-state index in [1.807, 2.05) is 18.2 Å². The monoisotopic (exact) mass is 279 g/mol. The van der Waals surface area contributed by atoms with E-state index in [2.05, 4.69) is 19.2 Å². The van der Waals surface area contributed by atoms with Crippen LogP contribution >= 0.6 is 0 Å². The van der Waals surface area contributed by atoms with Gasteiger partial charge in [0.05, 0.1) is 26.9 Å². The average molecular weight is 279 g/mol. The maximum atomic E-state index is 6.02. The lowest BCUT2D eigenvalue weighted by molar-refractivity contribution is -0.00253. The van der Waals surface area contributed by atoms with Crippen molar-refractivity contribution in [2.75, 3.05) is 27.4 Å². The molecule has 2 unspecified atom stereocenters. The lowest BCUT2D eigenvalue weighted by Crippen LogP contribution is -2.43. The molecule has 1 N–H and O–H groups in total. The van der Waals surface area contributed by atoms with Crippen LogP contribution in [0.25, 0.3) is 0 Å². The minimum atomic E-state index is 0.0171. The Labute approximate surface area is 121 Å². The number of rotatable bonds is 5. The van der Waals surface area contributed by atoms with Crippen molar-refractivity contribution in [2.24, 2.45) is 5.92 Å². The van der Waals surface area contributed by atoms with Gasteiger partial charge in [-0.15, -0.1) is 0 Å². The number of ether oxygens (including phenoxy) is 3. The summed E-state index contributed by atoms with van der Waals surface area (Å²) in [6.45, 7) is 6.02. The van der Waals surface area contributed by atoms with E-state index >= 15 is 0 Å². The van der Waals surface area contributed by atoms with Crippen LogP contribution < -0.4 is 14.8 Å². The van der Waals surface area contributed by atoms with Gasteiger partial charge in [0.1, 0.15) is 11.5 Å². The molecule has 0 aromatic heterocycles. The van der Waals surface area contributed by atoms with Crippen molar-refractivity contribution in [2.45, 2.75) is 32.4 Å². The quantitative estimate of drug-likeness (QED) is 0.899. The van der Waals surface area contributed by atoms with Gasteiger partial charge in [-0.25, -0.2) is 0 Å². The first-order valence-corrected chi connectivity index (χ1v) is 7.21. The molecule has 2 rings (SSSR count). The van der Waals surface area contributed by atoms with Crippen LogP contribution in [0.2, 0.25) is 0 Å². The summed E-state index contributed by atoms with van der Waals surface area (Å²) < 4.78 is 16.7. The number of methoxy groups -OCH3 is 2. The zero-order valence-electron chi connectivity index (χ0n) is 12.8. The molecule has 0 spiro atoms. The summed E-state index contributed by atoms with van der Waals surface area (Å²) in [6, 6.07) is 6.27. The van der Waals surface area contributed by atoms with E-state index < -0.39 is 0 Å². The first-order chi connectivity index (χ1) is 9.63. The van der Waals surface area contributed by atoms with Gasteiger partial charge in [-0.2, -0.15) is 0 Å². The van der Waals surface area contributed by atoms with Gasteiger partial charge in [-0.1, -0.05) is 13.8 Å². The summed E-state index contributed by atoms with van der Waals surface area (Å²) in [5.41, 5.74) is 1.04. The van der Waals surface area contributed by atoms with E-state index in [0.717, 1.165) is 36.6 Å². The van der Waals surface area contributed by atoms with Gasteiger partial charge in [-0.3, -0.25) is 0 Å². The van der Waals surface area contributed by atoms with Crippen molar-refractivity contribution in [1.29, 1.82) is 0 Å². The first-order valence-electron chi connectivity index (χ1n) is 7.21. The summed E-state index contributed by atoms with van der Waals surface area (Å²) >= 11 is 0. The van der Waals surface area contributed by atoms with Gasteiger partial charge in [0.15, 0.2) is 0 Å². The third-order valence-corrected chi connectivity index (χ3v) is 3.63. The molecule has 1 aromatic carbocycles. The SMILES string of the molecule is COc1ccc(OC)c(C2CNC(CC(C)C)CO2)c1. The molecule has 0 amide bonds. The summed E-state index contributed by atoms with van der Waals surface area (Å²) in [7, 11) is 3.35. The van der Waals surface area contributed by atoms with Crippen LogP contribution in [0.3, 0.4) is 0 Å². The molecule has 4 heteroatoms. The molecular formula is C16H25NO3. The Bertz CT molecular complexity index is 426. The maximum absolute atomic E-state index is 6.02. The standard InChI is InChI=1S/C16H25NO3/c1-11(2)7-12-10-20-16(9-17-12)14-8-13(18-3)5-6-15(14)19-4/h5-6,8,11-12,16-17H,7,9-10H2,1-4H3. The maximum Gasteiger partial charge on any atom is 0.124 e. The molecule has 0 bridgehead atoms. The van der Waals surface area contributed by atoms with Crippen LogP contribution in [0.1, 0.15) is 31.9 Å². The van der Waals surface area contributed by atoms with Crippen LogP contribution in [-0.4, -0.2) is 33.4 Å². The van der Waals surface area contributed by atoms with Crippen molar-refractivity contribution < 1.29 is 14.2 Å². The Balaban J connectivity index is 2.05. The number of nitrogens with one attached hydrogen (secondary N) is 1. The Morgan fingerprint density at radius 1 is 1.30 bits per heavy atom. The first kappa shape index (κ1) is 15.1. The minimum Gasteiger partial charge on any atom is -0.497 e. The van der Waals surface area contributed by atoms with E-state index in [9.17, 15) is 0 Å². The number of morpholine rings is 1. The second kappa shape index (κ2) is 6.95. The van der Waals surface area contributed by atoms with Crippen LogP contribution in [0.15, 0.2) is 18.2 Å². The fourth-order valence-electron chi connectivity index (χ4n) is 2.64. The third kappa shape index (κ3) is 3.64. The van der Waals surface area contributed by atoms with Gasteiger partial charge in [0.25, 0.3) is 0 Å². The van der Waals surface area contributed by atoms with Crippen LogP contribution in [0, 0.1) is 5.92 Å². The van der Waals surface area contributed by atoms with Gasteiger partial charge in [-0.05, 0) is 30.5 Å². The molecule has 1 aliphatic heterocycles. The number of benzene rings is 1. The second-order valence-corrected chi connectivity index (χ2v) is 5.66. The van der Waals surface area contributed by atoms with Gasteiger partial charge < -0.3 is 19.5 Å². The third-order valence-electron chi connectivity index (χ3n) is 3.63. The highest BCUT2D eigenvalue weighted by Gasteiger charge is 2.25. The Hall–Kier alpha value is -1.26. The summed E-state index contributed by atoms with van der Waals surface area (Å²) in [5, 5.41) is 3.57. The molecule has 112 valence electrons. The van der Waals surface area contributed by atoms with Crippen molar-refractivity contribution in [3.05, 3.63) is 23.8 Å². The zero-order chi connectivity index (χ0) is 14.5. The highest BCUT2D eigenvalue weighted by molar-refractivity contribution is 5.42. The molecule has 1 heterocycles. The normalized spacial score (nSPS) is 22.9. The predicted molar refractivity (Wildman–Crippen MR) is 79.5 cm³/mol. The molecule has 1 aromatic rings. The van der Waals surface area contributed by atoms with Crippen LogP contribution in [0.4, 0.5) is 0 Å². The molecule has 1 aliphatic rings. The molecule has 4 nitrogen and oxygen atoms in total. The Morgan fingerprint density at radius 2 is 2.10 bits per heavy atom. The molecule has 2 atom stereocenters. The van der Waals surface area contributed by atoms with E-state index in [1.54, 1.807) is 14.2 Å². The molecule has 0 radical (unpaired) electrons. The molecule has 0 aliphatic carbocycles. The van der Waals surface area contributed by atoms with Crippen molar-refractivity contribution in [1.82, 2.24) is 5.32 Å². The molecule has 1 saturated heterocycles.